The summed E-state index contributed by atoms with van der Waals surface area (Å²) in [7, 11) is -4.54. The summed E-state index contributed by atoms with van der Waals surface area (Å²) in [6.45, 7) is 13.0. The maximum absolute atomic E-state index is 6.25. The van der Waals surface area contributed by atoms with Crippen LogP contribution in [0.3, 0.4) is 0 Å². The molecule has 0 N–H and O–H groups in total. The van der Waals surface area contributed by atoms with Gasteiger partial charge in [0.2, 0.25) is 0 Å². The fourth-order valence-corrected chi connectivity index (χ4v) is 14.6. The Balaban J connectivity index is 4.37. The van der Waals surface area contributed by atoms with Gasteiger partial charge < -0.3 is 12.3 Å². The zero-order valence-corrected chi connectivity index (χ0v) is 15.9. The van der Waals surface area contributed by atoms with Gasteiger partial charge in [0.1, 0.15) is 19.5 Å². The topological polar surface area (TPSA) is 27.7 Å². The summed E-state index contributed by atoms with van der Waals surface area (Å²) in [5, 5.41) is 0. The van der Waals surface area contributed by atoms with Crippen LogP contribution in [0, 0.1) is 0 Å². The van der Waals surface area contributed by atoms with Crippen molar-refractivity contribution in [2.45, 2.75) is 52.1 Å². The minimum Gasteiger partial charge on any atom is -0.442 e. The summed E-state index contributed by atoms with van der Waals surface area (Å²) in [6, 6.07) is 1.10. The third-order valence-corrected chi connectivity index (χ3v) is 14.7. The molecule has 15 heavy (non-hydrogen) atoms. The van der Waals surface area contributed by atoms with Crippen LogP contribution in [-0.4, -0.2) is 36.6 Å². The minimum absolute atomic E-state index is 0.372. The van der Waals surface area contributed by atoms with Crippen molar-refractivity contribution in [2.24, 2.45) is 0 Å². The van der Waals surface area contributed by atoms with Crippen LogP contribution in [0.25, 0.3) is 0 Å². The van der Waals surface area contributed by atoms with E-state index in [-0.39, 0.29) is 19.5 Å². The van der Waals surface area contributed by atoms with Crippen molar-refractivity contribution in [1.29, 1.82) is 0 Å². The maximum atomic E-state index is 6.25. The van der Waals surface area contributed by atoms with Crippen molar-refractivity contribution in [1.82, 2.24) is 0 Å². The normalized spacial score (nSPS) is 18.0. The highest BCUT2D eigenvalue weighted by molar-refractivity contribution is 6.82. The fraction of sp³-hybridized carbons (Fsp3) is 1.00. The monoisotopic (exact) mass is 282 g/mol. The van der Waals surface area contributed by atoms with Crippen molar-refractivity contribution < 1.29 is 12.3 Å². The number of hydrogen-bond acceptors (Lipinski definition) is 3. The van der Waals surface area contributed by atoms with E-state index < -0.39 is 17.1 Å². The molecule has 0 aromatic heterocycles. The molecule has 0 aromatic rings. The van der Waals surface area contributed by atoms with Crippen molar-refractivity contribution >= 4 is 36.6 Å². The summed E-state index contributed by atoms with van der Waals surface area (Å²) in [6.07, 6.45) is 1.14. The molecule has 1 unspecified atom stereocenters. The molecule has 3 nitrogen and oxygen atoms in total. The molecular formula is C8H26O3Si4. The van der Waals surface area contributed by atoms with Crippen molar-refractivity contribution in [3.05, 3.63) is 0 Å². The van der Waals surface area contributed by atoms with E-state index in [9.17, 15) is 0 Å². The summed E-state index contributed by atoms with van der Waals surface area (Å²) < 4.78 is 18.1. The average molecular weight is 283 g/mol. The molecule has 92 valence electrons. The lowest BCUT2D eigenvalue weighted by molar-refractivity contribution is 0.339. The second-order valence-electron chi connectivity index (χ2n) is 4.25. The SMILES string of the molecule is CCC[Si](C)(O[SiH2]C)O[Si](C)(C)O[SiH2]C. The highest BCUT2D eigenvalue weighted by Crippen LogP contribution is 2.21. The smallest absolute Gasteiger partial charge is 0.315 e. The molecule has 0 heterocycles. The molecule has 0 aliphatic heterocycles. The van der Waals surface area contributed by atoms with Crippen LogP contribution in [0.1, 0.15) is 13.3 Å². The molecule has 0 rings (SSSR count). The van der Waals surface area contributed by atoms with E-state index in [0.29, 0.717) is 0 Å². The first-order valence-corrected chi connectivity index (χ1v) is 15.2. The zero-order chi connectivity index (χ0) is 11.9. The molecule has 0 aliphatic rings. The van der Waals surface area contributed by atoms with Gasteiger partial charge in [0.15, 0.2) is 0 Å². The average Bonchev–Trinajstić information content (AvgIpc) is 2.02. The van der Waals surface area contributed by atoms with Crippen molar-refractivity contribution in [3.63, 3.8) is 0 Å². The van der Waals surface area contributed by atoms with Gasteiger partial charge in [-0.3, -0.25) is 0 Å². The fourth-order valence-electron chi connectivity index (χ4n) is 1.81. The standard InChI is InChI=1S/C8H26O3Si4/c1-7-8-15(6,10-13-3)11-14(4,5)9-12-2/h7-8,12-13H2,1-6H3. The predicted molar refractivity (Wildman–Crippen MR) is 76.3 cm³/mol. The molecule has 0 aromatic carbocycles. The van der Waals surface area contributed by atoms with E-state index in [1.165, 1.54) is 0 Å². The van der Waals surface area contributed by atoms with E-state index in [2.05, 4.69) is 39.7 Å². The van der Waals surface area contributed by atoms with Crippen LogP contribution >= 0.6 is 0 Å². The molecule has 0 bridgehead atoms. The first kappa shape index (κ1) is 15.7. The highest BCUT2D eigenvalue weighted by Gasteiger charge is 2.38. The van der Waals surface area contributed by atoms with Crippen LogP contribution in [-0.2, 0) is 12.3 Å². The van der Waals surface area contributed by atoms with Crippen LogP contribution < -0.4 is 0 Å². The van der Waals surface area contributed by atoms with Crippen LogP contribution in [0.4, 0.5) is 0 Å². The third kappa shape index (κ3) is 6.82. The molecule has 7 heteroatoms. The lowest BCUT2D eigenvalue weighted by atomic mass is 10.6. The summed E-state index contributed by atoms with van der Waals surface area (Å²) >= 11 is 0. The van der Waals surface area contributed by atoms with E-state index >= 15 is 0 Å². The minimum atomic E-state index is -1.90. The predicted octanol–water partition coefficient (Wildman–Crippen LogP) is 1.48. The van der Waals surface area contributed by atoms with Gasteiger partial charge in [-0.15, -0.1) is 0 Å². The summed E-state index contributed by atoms with van der Waals surface area (Å²) in [5.74, 6) is 0. The molecule has 0 saturated heterocycles. The highest BCUT2D eigenvalue weighted by atomic mass is 28.5. The van der Waals surface area contributed by atoms with Crippen LogP contribution in [0.5, 0.6) is 0 Å². The second kappa shape index (κ2) is 7.15. The first-order chi connectivity index (χ1) is 6.89. The molecule has 0 radical (unpaired) electrons. The Morgan fingerprint density at radius 1 is 1.00 bits per heavy atom. The second-order valence-corrected chi connectivity index (χ2v) is 14.1. The Labute approximate surface area is 101 Å². The summed E-state index contributed by atoms with van der Waals surface area (Å²) in [4.78, 5) is 0. The van der Waals surface area contributed by atoms with Gasteiger partial charge in [-0.2, -0.15) is 0 Å². The Morgan fingerprint density at radius 3 is 1.93 bits per heavy atom. The Kier molecular flexibility index (Phi) is 7.50. The largest absolute Gasteiger partial charge is 0.442 e. The Bertz CT molecular complexity index is 171. The molecule has 0 saturated carbocycles. The quantitative estimate of drug-likeness (QED) is 0.631. The maximum Gasteiger partial charge on any atom is 0.315 e. The summed E-state index contributed by atoms with van der Waals surface area (Å²) in [5.41, 5.74) is 0. The van der Waals surface area contributed by atoms with Crippen molar-refractivity contribution in [2.75, 3.05) is 0 Å². The molecular weight excluding hydrogens is 256 g/mol. The molecule has 0 amide bonds. The number of rotatable bonds is 8. The zero-order valence-electron chi connectivity index (χ0n) is 11.1. The van der Waals surface area contributed by atoms with E-state index in [1.54, 1.807) is 0 Å². The van der Waals surface area contributed by atoms with E-state index in [0.717, 1.165) is 12.5 Å². The third-order valence-electron chi connectivity index (χ3n) is 2.11. The van der Waals surface area contributed by atoms with Gasteiger partial charge in [0, 0.05) is 0 Å². The van der Waals surface area contributed by atoms with Gasteiger partial charge >= 0.3 is 17.1 Å². The van der Waals surface area contributed by atoms with Gasteiger partial charge in [-0.1, -0.05) is 26.4 Å². The lowest BCUT2D eigenvalue weighted by Gasteiger charge is -2.35. The van der Waals surface area contributed by atoms with Gasteiger partial charge in [0.05, 0.1) is 0 Å². The van der Waals surface area contributed by atoms with Gasteiger partial charge in [-0.25, -0.2) is 0 Å². The van der Waals surface area contributed by atoms with Crippen LogP contribution in [0.15, 0.2) is 0 Å². The molecule has 0 fully saturated rings. The first-order valence-electron chi connectivity index (χ1n) is 5.87. The van der Waals surface area contributed by atoms with Crippen molar-refractivity contribution in [3.8, 4) is 0 Å². The Hall–Kier alpha value is 0.748. The molecule has 0 spiro atoms. The molecule has 0 aliphatic carbocycles. The van der Waals surface area contributed by atoms with Crippen LogP contribution in [0.2, 0.25) is 38.8 Å². The van der Waals surface area contributed by atoms with E-state index in [4.69, 9.17) is 12.3 Å². The van der Waals surface area contributed by atoms with Gasteiger partial charge in [-0.05, 0) is 25.7 Å². The molecule has 1 atom stereocenters. The number of hydrogen-bond donors (Lipinski definition) is 0. The van der Waals surface area contributed by atoms with E-state index in [1.807, 2.05) is 0 Å². The lowest BCUT2D eigenvalue weighted by Crippen LogP contribution is -2.51. The van der Waals surface area contributed by atoms with Gasteiger partial charge in [0.25, 0.3) is 0 Å². The Morgan fingerprint density at radius 2 is 1.53 bits per heavy atom.